The first-order chi connectivity index (χ1) is 8.58. The van der Waals surface area contributed by atoms with Gasteiger partial charge in [-0.1, -0.05) is 0 Å². The van der Waals surface area contributed by atoms with E-state index >= 15 is 0 Å². The Kier molecular flexibility index (Phi) is 3.54. The molecule has 4 N–H and O–H groups in total. The molecule has 0 fully saturated rings. The van der Waals surface area contributed by atoms with Crippen molar-refractivity contribution in [1.29, 1.82) is 0 Å². The van der Waals surface area contributed by atoms with E-state index in [9.17, 15) is 15.0 Å². The number of carbonyl (C=O) groups excluding carboxylic acids is 1. The van der Waals surface area contributed by atoms with Gasteiger partial charge in [-0.2, -0.15) is 0 Å². The van der Waals surface area contributed by atoms with E-state index in [0.29, 0.717) is 16.7 Å². The molecule has 0 spiro atoms. The fraction of sp³-hybridized carbons (Fsp3) is 0.364. The third-order valence-corrected chi connectivity index (χ3v) is 2.56. The first-order valence-electron chi connectivity index (χ1n) is 5.47. The van der Waals surface area contributed by atoms with Crippen molar-refractivity contribution < 1.29 is 15.0 Å². The van der Waals surface area contributed by atoms with Crippen LogP contribution in [-0.2, 0) is 4.79 Å². The molecule has 0 saturated carbocycles. The predicted molar refractivity (Wildman–Crippen MR) is 63.5 cm³/mol. The van der Waals surface area contributed by atoms with Gasteiger partial charge in [0, 0.05) is 25.2 Å². The minimum absolute atomic E-state index is 0.0164. The Morgan fingerprint density at radius 2 is 2.28 bits per heavy atom. The van der Waals surface area contributed by atoms with E-state index in [1.807, 2.05) is 0 Å². The Balaban J connectivity index is 2.11. The van der Waals surface area contributed by atoms with Crippen molar-refractivity contribution in [3.8, 4) is 0 Å². The SMILES string of the molecule is CC(=O)NCC(O)C(O)c1cnc2nc[nH]c2c1. The van der Waals surface area contributed by atoms with E-state index < -0.39 is 12.2 Å². The zero-order chi connectivity index (χ0) is 13.1. The molecule has 1 amide bonds. The van der Waals surface area contributed by atoms with Crippen molar-refractivity contribution >= 4 is 17.1 Å². The first-order valence-corrected chi connectivity index (χ1v) is 5.47. The maximum Gasteiger partial charge on any atom is 0.216 e. The third-order valence-electron chi connectivity index (χ3n) is 2.56. The van der Waals surface area contributed by atoms with Gasteiger partial charge in [-0.25, -0.2) is 9.97 Å². The number of carbonyl (C=O) groups is 1. The third kappa shape index (κ3) is 2.63. The molecular weight excluding hydrogens is 236 g/mol. The topological polar surface area (TPSA) is 111 Å². The van der Waals surface area contributed by atoms with E-state index in [-0.39, 0.29) is 12.5 Å². The van der Waals surface area contributed by atoms with E-state index in [2.05, 4.69) is 20.3 Å². The molecule has 7 heteroatoms. The number of imidazole rings is 1. The fourth-order valence-corrected chi connectivity index (χ4v) is 1.59. The molecule has 0 aliphatic rings. The summed E-state index contributed by atoms with van der Waals surface area (Å²) in [6, 6.07) is 1.66. The Hall–Kier alpha value is -1.99. The number of rotatable bonds is 4. The molecule has 2 aromatic heterocycles. The van der Waals surface area contributed by atoms with E-state index in [0.717, 1.165) is 0 Å². The number of pyridine rings is 1. The number of H-pyrrole nitrogens is 1. The zero-order valence-corrected chi connectivity index (χ0v) is 9.79. The number of hydrogen-bond donors (Lipinski definition) is 4. The Morgan fingerprint density at radius 3 is 3.00 bits per heavy atom. The van der Waals surface area contributed by atoms with Crippen molar-refractivity contribution in [1.82, 2.24) is 20.3 Å². The van der Waals surface area contributed by atoms with Crippen LogP contribution in [0, 0.1) is 0 Å². The first kappa shape index (κ1) is 12.5. The van der Waals surface area contributed by atoms with Crippen LogP contribution in [0.3, 0.4) is 0 Å². The molecule has 0 aliphatic carbocycles. The summed E-state index contributed by atoms with van der Waals surface area (Å²) in [6.45, 7) is 1.33. The van der Waals surface area contributed by atoms with Gasteiger partial charge < -0.3 is 20.5 Å². The maximum absolute atomic E-state index is 10.7. The van der Waals surface area contributed by atoms with Crippen LogP contribution in [0.25, 0.3) is 11.2 Å². The number of aliphatic hydroxyl groups excluding tert-OH is 2. The summed E-state index contributed by atoms with van der Waals surface area (Å²) in [7, 11) is 0. The van der Waals surface area contributed by atoms with Gasteiger partial charge in [0.05, 0.1) is 11.8 Å². The van der Waals surface area contributed by atoms with Crippen LogP contribution in [0.4, 0.5) is 0 Å². The van der Waals surface area contributed by atoms with Gasteiger partial charge in [-0.3, -0.25) is 4.79 Å². The molecule has 2 heterocycles. The Morgan fingerprint density at radius 1 is 1.50 bits per heavy atom. The Labute approximate surface area is 103 Å². The van der Waals surface area contributed by atoms with Crippen LogP contribution < -0.4 is 5.32 Å². The van der Waals surface area contributed by atoms with Crippen LogP contribution in [0.2, 0.25) is 0 Å². The van der Waals surface area contributed by atoms with Crippen molar-refractivity contribution in [2.45, 2.75) is 19.1 Å². The second-order valence-corrected chi connectivity index (χ2v) is 3.99. The number of nitrogens with zero attached hydrogens (tertiary/aromatic N) is 2. The molecule has 2 unspecified atom stereocenters. The lowest BCUT2D eigenvalue weighted by Crippen LogP contribution is -2.34. The lowest BCUT2D eigenvalue weighted by Gasteiger charge is -2.17. The van der Waals surface area contributed by atoms with Crippen molar-refractivity contribution in [3.63, 3.8) is 0 Å². The van der Waals surface area contributed by atoms with Crippen molar-refractivity contribution in [2.75, 3.05) is 6.54 Å². The monoisotopic (exact) mass is 250 g/mol. The molecule has 18 heavy (non-hydrogen) atoms. The standard InChI is InChI=1S/C11H14N4O3/c1-6(16)12-4-9(17)10(18)7-2-8-11(13-3-7)15-5-14-8/h2-3,5,9-10,17-18H,4H2,1H3,(H,12,16)(H,13,14,15). The highest BCUT2D eigenvalue weighted by molar-refractivity contribution is 5.72. The minimum atomic E-state index is -1.11. The summed E-state index contributed by atoms with van der Waals surface area (Å²) < 4.78 is 0. The summed E-state index contributed by atoms with van der Waals surface area (Å²) >= 11 is 0. The molecule has 0 saturated heterocycles. The van der Waals surface area contributed by atoms with Gasteiger partial charge in [-0.15, -0.1) is 0 Å². The normalized spacial score (nSPS) is 14.4. The van der Waals surface area contributed by atoms with Gasteiger partial charge in [0.2, 0.25) is 5.91 Å². The van der Waals surface area contributed by atoms with Crippen molar-refractivity contribution in [3.05, 3.63) is 24.2 Å². The average molecular weight is 250 g/mol. The summed E-state index contributed by atoms with van der Waals surface area (Å²) in [4.78, 5) is 21.6. The summed E-state index contributed by atoms with van der Waals surface area (Å²) in [5, 5.41) is 22.1. The lowest BCUT2D eigenvalue weighted by atomic mass is 10.1. The van der Waals surface area contributed by atoms with Crippen LogP contribution in [0.5, 0.6) is 0 Å². The second kappa shape index (κ2) is 5.11. The molecule has 0 radical (unpaired) electrons. The average Bonchev–Trinajstić information content (AvgIpc) is 2.81. The van der Waals surface area contributed by atoms with E-state index in [1.54, 1.807) is 6.07 Å². The van der Waals surface area contributed by atoms with Gasteiger partial charge in [0.25, 0.3) is 0 Å². The van der Waals surface area contributed by atoms with Crippen LogP contribution in [0.1, 0.15) is 18.6 Å². The van der Waals surface area contributed by atoms with E-state index in [1.165, 1.54) is 19.4 Å². The van der Waals surface area contributed by atoms with Gasteiger partial charge in [0.1, 0.15) is 12.2 Å². The van der Waals surface area contributed by atoms with Crippen LogP contribution >= 0.6 is 0 Å². The fourth-order valence-electron chi connectivity index (χ4n) is 1.59. The quantitative estimate of drug-likeness (QED) is 0.584. The molecule has 0 aromatic carbocycles. The smallest absolute Gasteiger partial charge is 0.216 e. The Bertz CT molecular complexity index is 554. The highest BCUT2D eigenvalue weighted by atomic mass is 16.3. The molecule has 0 bridgehead atoms. The van der Waals surface area contributed by atoms with Gasteiger partial charge in [-0.05, 0) is 6.07 Å². The highest BCUT2D eigenvalue weighted by Gasteiger charge is 2.19. The van der Waals surface area contributed by atoms with E-state index in [4.69, 9.17) is 0 Å². The number of aromatic nitrogens is 3. The molecule has 2 aromatic rings. The number of aromatic amines is 1. The zero-order valence-electron chi connectivity index (χ0n) is 9.79. The molecule has 7 nitrogen and oxygen atoms in total. The second-order valence-electron chi connectivity index (χ2n) is 3.99. The largest absolute Gasteiger partial charge is 0.388 e. The van der Waals surface area contributed by atoms with Crippen LogP contribution in [0.15, 0.2) is 18.6 Å². The number of fused-ring (bicyclic) bond motifs is 1. The van der Waals surface area contributed by atoms with Gasteiger partial charge in [0.15, 0.2) is 5.65 Å². The highest BCUT2D eigenvalue weighted by Crippen LogP contribution is 2.18. The summed E-state index contributed by atoms with van der Waals surface area (Å²) in [5.41, 5.74) is 1.69. The molecule has 96 valence electrons. The number of hydrogen-bond acceptors (Lipinski definition) is 5. The maximum atomic E-state index is 10.7. The molecule has 2 atom stereocenters. The number of nitrogens with one attached hydrogen (secondary N) is 2. The summed E-state index contributed by atoms with van der Waals surface area (Å²) in [6.07, 6.45) is 0.750. The van der Waals surface area contributed by atoms with Crippen molar-refractivity contribution in [2.24, 2.45) is 0 Å². The summed E-state index contributed by atoms with van der Waals surface area (Å²) in [5.74, 6) is -0.261. The number of aliphatic hydroxyl groups is 2. The lowest BCUT2D eigenvalue weighted by molar-refractivity contribution is -0.119. The predicted octanol–water partition coefficient (Wildman–Crippen LogP) is -0.512. The number of amides is 1. The van der Waals surface area contributed by atoms with Crippen LogP contribution in [-0.4, -0.2) is 43.7 Å². The minimum Gasteiger partial charge on any atom is -0.388 e. The molecule has 2 rings (SSSR count). The molecular formula is C11H14N4O3. The molecule has 0 aliphatic heterocycles. The van der Waals surface area contributed by atoms with Gasteiger partial charge >= 0.3 is 0 Å².